The van der Waals surface area contributed by atoms with Crippen LogP contribution in [0.5, 0.6) is 0 Å². The van der Waals surface area contributed by atoms with E-state index in [0.717, 1.165) is 46.9 Å². The number of pyridine rings is 1. The van der Waals surface area contributed by atoms with Crippen LogP contribution in [0.4, 0.5) is 5.69 Å². The normalized spacial score (nSPS) is 16.7. The third-order valence-electron chi connectivity index (χ3n) is 5.00. The highest BCUT2D eigenvalue weighted by molar-refractivity contribution is 8.00. The van der Waals surface area contributed by atoms with E-state index in [4.69, 9.17) is 4.74 Å². The number of aromatic nitrogens is 5. The van der Waals surface area contributed by atoms with Crippen molar-refractivity contribution in [3.63, 3.8) is 0 Å². The molecule has 142 valence electrons. The van der Waals surface area contributed by atoms with Crippen LogP contribution in [0.25, 0.3) is 16.7 Å². The summed E-state index contributed by atoms with van der Waals surface area (Å²) in [5.74, 6) is 1.28. The first-order chi connectivity index (χ1) is 13.8. The zero-order valence-corrected chi connectivity index (χ0v) is 16.3. The minimum atomic E-state index is 0.451. The van der Waals surface area contributed by atoms with Crippen LogP contribution in [0.3, 0.4) is 0 Å². The summed E-state index contributed by atoms with van der Waals surface area (Å²) in [7, 11) is 1.95. The average molecular weight is 392 g/mol. The number of nitrogens with zero attached hydrogens (tertiary/aromatic N) is 5. The highest BCUT2D eigenvalue weighted by Gasteiger charge is 2.18. The van der Waals surface area contributed by atoms with Crippen molar-refractivity contribution in [3.8, 4) is 5.82 Å². The van der Waals surface area contributed by atoms with Crippen molar-refractivity contribution in [1.29, 1.82) is 0 Å². The lowest BCUT2D eigenvalue weighted by atomic mass is 10.00. The second kappa shape index (κ2) is 7.29. The molecule has 1 aliphatic heterocycles. The van der Waals surface area contributed by atoms with Gasteiger partial charge in [-0.3, -0.25) is 4.68 Å². The number of anilines is 1. The molecule has 0 amide bonds. The zero-order chi connectivity index (χ0) is 18.9. The predicted octanol–water partition coefficient (Wildman–Crippen LogP) is 3.78. The van der Waals surface area contributed by atoms with Gasteiger partial charge in [-0.15, -0.1) is 0 Å². The van der Waals surface area contributed by atoms with E-state index in [9.17, 15) is 0 Å². The van der Waals surface area contributed by atoms with Gasteiger partial charge in [-0.2, -0.15) is 10.2 Å². The third kappa shape index (κ3) is 3.25. The van der Waals surface area contributed by atoms with Crippen LogP contribution in [-0.4, -0.2) is 37.8 Å². The van der Waals surface area contributed by atoms with Crippen LogP contribution in [0.2, 0.25) is 0 Å². The van der Waals surface area contributed by atoms with Gasteiger partial charge in [0.1, 0.15) is 0 Å². The third-order valence-corrected chi connectivity index (χ3v) is 5.77. The second-order valence-corrected chi connectivity index (χ2v) is 7.72. The van der Waals surface area contributed by atoms with E-state index in [0.29, 0.717) is 5.92 Å². The molecule has 1 saturated heterocycles. The van der Waals surface area contributed by atoms with Crippen molar-refractivity contribution >= 4 is 28.5 Å². The van der Waals surface area contributed by atoms with E-state index >= 15 is 0 Å². The van der Waals surface area contributed by atoms with Crippen molar-refractivity contribution in [2.24, 2.45) is 7.05 Å². The van der Waals surface area contributed by atoms with Gasteiger partial charge in [0.2, 0.25) is 0 Å². The topological polar surface area (TPSA) is 69.8 Å². The number of rotatable bonds is 5. The average Bonchev–Trinajstić information content (AvgIpc) is 3.48. The highest BCUT2D eigenvalue weighted by Crippen LogP contribution is 2.29. The number of hydrogen-bond donors (Lipinski definition) is 1. The van der Waals surface area contributed by atoms with E-state index in [-0.39, 0.29) is 0 Å². The molecule has 8 heteroatoms. The fourth-order valence-corrected chi connectivity index (χ4v) is 4.17. The molecule has 0 spiro atoms. The molecule has 1 aromatic carbocycles. The monoisotopic (exact) mass is 392 g/mol. The molecule has 0 bridgehead atoms. The maximum absolute atomic E-state index is 5.51. The van der Waals surface area contributed by atoms with E-state index < -0.39 is 0 Å². The molecule has 3 aromatic heterocycles. The Morgan fingerprint density at radius 3 is 3.07 bits per heavy atom. The maximum atomic E-state index is 5.51. The molecule has 1 fully saturated rings. The lowest BCUT2D eigenvalue weighted by Crippen LogP contribution is -2.02. The van der Waals surface area contributed by atoms with Gasteiger partial charge >= 0.3 is 0 Å². The first kappa shape index (κ1) is 17.3. The summed E-state index contributed by atoms with van der Waals surface area (Å²) in [5, 5.41) is 9.92. The number of nitrogens with one attached hydrogen (secondary N) is 1. The van der Waals surface area contributed by atoms with Crippen LogP contribution < -0.4 is 4.72 Å². The molecule has 0 saturated carbocycles. The van der Waals surface area contributed by atoms with Gasteiger partial charge in [0.05, 0.1) is 35.1 Å². The lowest BCUT2D eigenvalue weighted by molar-refractivity contribution is 0.194. The molecule has 4 aromatic rings. The Kier molecular flexibility index (Phi) is 4.50. The summed E-state index contributed by atoms with van der Waals surface area (Å²) >= 11 is 1.52. The zero-order valence-electron chi connectivity index (χ0n) is 15.4. The molecule has 5 rings (SSSR count). The Balaban J connectivity index is 1.34. The molecule has 1 N–H and O–H groups in total. The van der Waals surface area contributed by atoms with Gasteiger partial charge in [0, 0.05) is 37.4 Å². The Hall–Kier alpha value is -2.84. The van der Waals surface area contributed by atoms with Crippen LogP contribution in [0.1, 0.15) is 17.9 Å². The SMILES string of the molecule is Cn1ncc2cccc(NSc3cnn(-c4cc(C5CCOC5)ccn4)c3)c21. The fraction of sp³-hybridized carbons (Fsp3) is 0.250. The summed E-state index contributed by atoms with van der Waals surface area (Å²) in [4.78, 5) is 5.49. The summed E-state index contributed by atoms with van der Waals surface area (Å²) < 4.78 is 12.6. The molecule has 1 unspecified atom stereocenters. The van der Waals surface area contributed by atoms with E-state index in [1.54, 1.807) is 0 Å². The minimum absolute atomic E-state index is 0.451. The van der Waals surface area contributed by atoms with E-state index in [1.165, 1.54) is 17.5 Å². The first-order valence-electron chi connectivity index (χ1n) is 9.20. The van der Waals surface area contributed by atoms with Crippen LogP contribution >= 0.6 is 11.9 Å². The molecule has 7 nitrogen and oxygen atoms in total. The van der Waals surface area contributed by atoms with Gasteiger partial charge < -0.3 is 9.46 Å². The van der Waals surface area contributed by atoms with Gasteiger partial charge in [-0.1, -0.05) is 12.1 Å². The lowest BCUT2D eigenvalue weighted by Gasteiger charge is -2.09. The number of benzene rings is 1. The minimum Gasteiger partial charge on any atom is -0.381 e. The van der Waals surface area contributed by atoms with Crippen molar-refractivity contribution in [2.45, 2.75) is 17.2 Å². The van der Waals surface area contributed by atoms with Gasteiger partial charge in [-0.25, -0.2) is 9.67 Å². The Labute approximate surface area is 166 Å². The van der Waals surface area contributed by atoms with Crippen LogP contribution in [0, 0.1) is 0 Å². The molecule has 1 aliphatic rings. The molecule has 4 heterocycles. The predicted molar refractivity (Wildman–Crippen MR) is 110 cm³/mol. The molecule has 0 radical (unpaired) electrons. The number of ether oxygens (including phenoxy) is 1. The number of fused-ring (bicyclic) bond motifs is 1. The molecular weight excluding hydrogens is 372 g/mol. The quantitative estimate of drug-likeness (QED) is 0.521. The van der Waals surface area contributed by atoms with Gasteiger partial charge in [0.25, 0.3) is 0 Å². The van der Waals surface area contributed by atoms with E-state index in [1.807, 2.05) is 47.3 Å². The Morgan fingerprint density at radius 1 is 1.21 bits per heavy atom. The summed E-state index contributed by atoms with van der Waals surface area (Å²) in [5.41, 5.74) is 3.36. The number of hydrogen-bond acceptors (Lipinski definition) is 6. The Morgan fingerprint density at radius 2 is 2.18 bits per heavy atom. The standard InChI is InChI=1S/C20H20N6OS/c1-25-20-15(10-22-25)3-2-4-18(20)24-28-17-11-23-26(12-17)19-9-14(5-7-21-19)16-6-8-27-13-16/h2-5,7,9-12,16,24H,6,8,13H2,1H3. The van der Waals surface area contributed by atoms with Crippen molar-refractivity contribution in [2.75, 3.05) is 17.9 Å². The fourth-order valence-electron chi connectivity index (χ4n) is 3.52. The van der Waals surface area contributed by atoms with Gasteiger partial charge in [-0.05, 0) is 42.1 Å². The van der Waals surface area contributed by atoms with Crippen molar-refractivity contribution in [3.05, 3.63) is 60.7 Å². The largest absolute Gasteiger partial charge is 0.381 e. The first-order valence-corrected chi connectivity index (χ1v) is 10.0. The molecule has 0 aliphatic carbocycles. The summed E-state index contributed by atoms with van der Waals surface area (Å²) in [6.45, 7) is 1.62. The summed E-state index contributed by atoms with van der Waals surface area (Å²) in [6.07, 6.45) is 8.61. The van der Waals surface area contributed by atoms with Crippen molar-refractivity contribution in [1.82, 2.24) is 24.5 Å². The van der Waals surface area contributed by atoms with E-state index in [2.05, 4.69) is 44.2 Å². The number of para-hydroxylation sites is 1. The van der Waals surface area contributed by atoms with Crippen LogP contribution in [0.15, 0.2) is 60.0 Å². The smallest absolute Gasteiger partial charge is 0.153 e. The second-order valence-electron chi connectivity index (χ2n) is 6.84. The number of aryl methyl sites for hydroxylation is 1. The Bertz CT molecular complexity index is 1110. The molecule has 1 atom stereocenters. The van der Waals surface area contributed by atoms with Crippen molar-refractivity contribution < 1.29 is 4.74 Å². The molecule has 28 heavy (non-hydrogen) atoms. The maximum Gasteiger partial charge on any atom is 0.153 e. The van der Waals surface area contributed by atoms with Gasteiger partial charge in [0.15, 0.2) is 5.82 Å². The summed E-state index contributed by atoms with van der Waals surface area (Å²) in [6, 6.07) is 10.3. The highest BCUT2D eigenvalue weighted by atomic mass is 32.2. The van der Waals surface area contributed by atoms with Crippen LogP contribution in [-0.2, 0) is 11.8 Å². The molecular formula is C20H20N6OS.